The molecule has 1 heterocycles. The highest BCUT2D eigenvalue weighted by molar-refractivity contribution is 14.1. The van der Waals surface area contributed by atoms with E-state index >= 15 is 0 Å². The molecule has 3 rings (SSSR count). The van der Waals surface area contributed by atoms with Crippen molar-refractivity contribution < 1.29 is 37.0 Å². The van der Waals surface area contributed by atoms with Gasteiger partial charge in [0, 0.05) is 5.69 Å². The maximum atomic E-state index is 12.9. The molecule has 0 atom stereocenters. The van der Waals surface area contributed by atoms with Crippen molar-refractivity contribution in [3.05, 3.63) is 56.0 Å². The number of hydrogen-bond donors (Lipinski definition) is 1. The molecule has 1 saturated heterocycles. The summed E-state index contributed by atoms with van der Waals surface area (Å²) in [4.78, 5) is 38.2. The summed E-state index contributed by atoms with van der Waals surface area (Å²) in [5.74, 6) is -0.472. The molecule has 2 aromatic rings. The number of nitrogens with one attached hydrogen (secondary N) is 1. The smallest absolute Gasteiger partial charge is 0.416 e. The van der Waals surface area contributed by atoms with Crippen molar-refractivity contribution in [2.24, 2.45) is 0 Å². The minimum atomic E-state index is -4.57. The van der Waals surface area contributed by atoms with Crippen molar-refractivity contribution in [1.82, 2.24) is 4.90 Å². The monoisotopic (exact) mass is 606 g/mol. The average molecular weight is 606 g/mol. The summed E-state index contributed by atoms with van der Waals surface area (Å²) in [7, 11) is 1.51. The first-order valence-electron chi connectivity index (χ1n) is 9.76. The fourth-order valence-corrected chi connectivity index (χ4v) is 4.72. The number of methoxy groups -OCH3 is 1. The summed E-state index contributed by atoms with van der Waals surface area (Å²) in [6, 6.07) is 7.48. The van der Waals surface area contributed by atoms with Crippen molar-refractivity contribution >= 4 is 63.2 Å². The van der Waals surface area contributed by atoms with Crippen LogP contribution in [0.15, 0.2) is 41.3 Å². The van der Waals surface area contributed by atoms with E-state index in [2.05, 4.69) is 27.9 Å². The number of anilines is 1. The zero-order valence-corrected chi connectivity index (χ0v) is 20.8. The Bertz CT molecular complexity index is 1170. The van der Waals surface area contributed by atoms with Gasteiger partial charge in [0.15, 0.2) is 11.5 Å². The van der Waals surface area contributed by atoms with Gasteiger partial charge < -0.3 is 14.8 Å². The van der Waals surface area contributed by atoms with E-state index in [9.17, 15) is 27.6 Å². The van der Waals surface area contributed by atoms with E-state index in [0.717, 1.165) is 26.7 Å². The predicted octanol–water partition coefficient (Wildman–Crippen LogP) is 5.39. The number of thioether (sulfide) groups is 1. The highest BCUT2D eigenvalue weighted by Gasteiger charge is 2.36. The minimum Gasteiger partial charge on any atom is -0.492 e. The maximum Gasteiger partial charge on any atom is 0.416 e. The molecule has 3 amide bonds. The van der Waals surface area contributed by atoms with E-state index in [1.165, 1.54) is 19.3 Å². The van der Waals surface area contributed by atoms with Gasteiger partial charge in [0.25, 0.3) is 11.1 Å². The number of alkyl halides is 3. The van der Waals surface area contributed by atoms with E-state index in [0.29, 0.717) is 35.4 Å². The number of carbonyl (C=O) groups excluding carboxylic acids is 3. The Morgan fingerprint density at radius 3 is 2.62 bits per heavy atom. The number of nitrogens with zero attached hydrogens (tertiary/aromatic N) is 1. The van der Waals surface area contributed by atoms with Crippen LogP contribution in [-0.4, -0.2) is 42.2 Å². The van der Waals surface area contributed by atoms with Gasteiger partial charge in [-0.2, -0.15) is 13.2 Å². The number of ether oxygens (including phenoxy) is 2. The van der Waals surface area contributed by atoms with Gasteiger partial charge in [-0.1, -0.05) is 6.07 Å². The average Bonchev–Trinajstić information content (AvgIpc) is 3.01. The third-order valence-corrected chi connectivity index (χ3v) is 6.19. The van der Waals surface area contributed by atoms with Gasteiger partial charge in [-0.25, -0.2) is 0 Å². The third kappa shape index (κ3) is 6.03. The Morgan fingerprint density at radius 2 is 1.97 bits per heavy atom. The van der Waals surface area contributed by atoms with Crippen LogP contribution in [0.2, 0.25) is 0 Å². The Balaban J connectivity index is 1.75. The zero-order chi connectivity index (χ0) is 25.0. The van der Waals surface area contributed by atoms with Gasteiger partial charge in [-0.3, -0.25) is 19.3 Å². The summed E-state index contributed by atoms with van der Waals surface area (Å²) in [6.07, 6.45) is -3.07. The predicted molar refractivity (Wildman–Crippen MR) is 130 cm³/mol. The lowest BCUT2D eigenvalue weighted by Crippen LogP contribution is -2.36. The highest BCUT2D eigenvalue weighted by Crippen LogP contribution is 2.37. The Morgan fingerprint density at radius 1 is 1.24 bits per heavy atom. The van der Waals surface area contributed by atoms with Gasteiger partial charge in [-0.15, -0.1) is 0 Å². The number of carbonyl (C=O) groups is 3. The standard InChI is InChI=1S/C22H18F3IN2O5S/c1-3-33-16-8-12(7-15(26)19(16)32-2)9-17-20(30)28(21(31)34-17)11-18(29)27-14-6-4-5-13(10-14)22(23,24)25/h4-10H,3,11H2,1-2H3,(H,27,29)/b17-9-. The van der Waals surface area contributed by atoms with Crippen molar-refractivity contribution in [1.29, 1.82) is 0 Å². The van der Waals surface area contributed by atoms with E-state index in [-0.39, 0.29) is 10.6 Å². The molecular formula is C22H18F3IN2O5S. The van der Waals surface area contributed by atoms with E-state index in [1.807, 2.05) is 6.92 Å². The number of benzene rings is 2. The highest BCUT2D eigenvalue weighted by atomic mass is 127. The van der Waals surface area contributed by atoms with Gasteiger partial charge >= 0.3 is 6.18 Å². The van der Waals surface area contributed by atoms with Gasteiger partial charge in [0.2, 0.25) is 5.91 Å². The van der Waals surface area contributed by atoms with Crippen molar-refractivity contribution in [2.45, 2.75) is 13.1 Å². The van der Waals surface area contributed by atoms with Crippen LogP contribution < -0.4 is 14.8 Å². The first-order valence-corrected chi connectivity index (χ1v) is 11.7. The van der Waals surface area contributed by atoms with Crippen LogP contribution in [0.5, 0.6) is 11.5 Å². The first-order chi connectivity index (χ1) is 16.0. The van der Waals surface area contributed by atoms with Crippen LogP contribution in [0, 0.1) is 3.57 Å². The molecule has 1 N–H and O–H groups in total. The molecular weight excluding hydrogens is 588 g/mol. The second-order valence-electron chi connectivity index (χ2n) is 6.86. The van der Waals surface area contributed by atoms with Crippen LogP contribution in [0.3, 0.4) is 0 Å². The van der Waals surface area contributed by atoms with E-state index in [4.69, 9.17) is 9.47 Å². The molecule has 1 aliphatic heterocycles. The van der Waals surface area contributed by atoms with E-state index < -0.39 is 35.3 Å². The molecule has 0 bridgehead atoms. The van der Waals surface area contributed by atoms with E-state index in [1.54, 1.807) is 12.1 Å². The molecule has 0 spiro atoms. The fourth-order valence-electron chi connectivity index (χ4n) is 3.04. The molecule has 180 valence electrons. The maximum absolute atomic E-state index is 12.9. The van der Waals surface area contributed by atoms with Crippen molar-refractivity contribution in [3.8, 4) is 11.5 Å². The normalized spacial score (nSPS) is 15.1. The summed E-state index contributed by atoms with van der Waals surface area (Å²) in [6.45, 7) is 1.57. The van der Waals surface area contributed by atoms with Crippen LogP contribution in [0.25, 0.3) is 6.08 Å². The molecule has 0 saturated carbocycles. The summed E-state index contributed by atoms with van der Waals surface area (Å²) >= 11 is 2.72. The quantitative estimate of drug-likeness (QED) is 0.336. The van der Waals surface area contributed by atoms with Gasteiger partial charge in [0.1, 0.15) is 6.54 Å². The molecule has 2 aromatic carbocycles. The second kappa shape index (κ2) is 10.7. The summed E-state index contributed by atoms with van der Waals surface area (Å²) in [5.41, 5.74) is -0.439. The molecule has 1 aliphatic rings. The molecule has 12 heteroatoms. The molecule has 0 unspecified atom stereocenters. The third-order valence-electron chi connectivity index (χ3n) is 4.48. The topological polar surface area (TPSA) is 84.9 Å². The lowest BCUT2D eigenvalue weighted by atomic mass is 10.2. The molecule has 0 aliphatic carbocycles. The molecule has 0 aromatic heterocycles. The Kier molecular flexibility index (Phi) is 8.13. The van der Waals surface area contributed by atoms with Crippen molar-refractivity contribution in [3.63, 3.8) is 0 Å². The Hall–Kier alpha value is -2.74. The minimum absolute atomic E-state index is 0.0975. The summed E-state index contributed by atoms with van der Waals surface area (Å²) < 4.78 is 50.2. The van der Waals surface area contributed by atoms with Crippen LogP contribution >= 0.6 is 34.4 Å². The van der Waals surface area contributed by atoms with Gasteiger partial charge in [-0.05, 0) is 83.2 Å². The number of amides is 3. The first kappa shape index (κ1) is 25.9. The molecule has 1 fully saturated rings. The lowest BCUT2D eigenvalue weighted by molar-refractivity contribution is -0.137. The molecule has 0 radical (unpaired) electrons. The van der Waals surface area contributed by atoms with Crippen LogP contribution in [-0.2, 0) is 15.8 Å². The molecule has 7 nitrogen and oxygen atoms in total. The number of imide groups is 1. The van der Waals surface area contributed by atoms with Crippen LogP contribution in [0.1, 0.15) is 18.1 Å². The SMILES string of the molecule is CCOc1cc(/C=C2\SC(=O)N(CC(=O)Nc3cccc(C(F)(F)F)c3)C2=O)cc(I)c1OC. The number of rotatable bonds is 7. The van der Waals surface area contributed by atoms with Gasteiger partial charge in [0.05, 0.1) is 27.8 Å². The number of hydrogen-bond acceptors (Lipinski definition) is 6. The summed E-state index contributed by atoms with van der Waals surface area (Å²) in [5, 5.41) is 1.62. The zero-order valence-electron chi connectivity index (χ0n) is 17.9. The number of halogens is 4. The van der Waals surface area contributed by atoms with Crippen molar-refractivity contribution in [2.75, 3.05) is 25.6 Å². The Labute approximate surface area is 210 Å². The molecule has 34 heavy (non-hydrogen) atoms. The van der Waals surface area contributed by atoms with Crippen LogP contribution in [0.4, 0.5) is 23.7 Å². The second-order valence-corrected chi connectivity index (χ2v) is 9.02. The fraction of sp³-hybridized carbons (Fsp3) is 0.227. The lowest BCUT2D eigenvalue weighted by Gasteiger charge is -2.14. The largest absolute Gasteiger partial charge is 0.492 e.